The molecule has 1 rings (SSSR count). The fraction of sp³-hybridized carbons (Fsp3) is 1.00. The molecule has 3 N–H and O–H groups in total. The normalized spacial score (nSPS) is 37.1. The molecule has 3 heteroatoms. The van der Waals surface area contributed by atoms with Crippen molar-refractivity contribution in [3.8, 4) is 0 Å². The Hall–Kier alpha value is -0.120. The lowest BCUT2D eigenvalue weighted by Crippen LogP contribution is -2.53. The summed E-state index contributed by atoms with van der Waals surface area (Å²) < 4.78 is 0. The molecule has 1 heterocycles. The quantitative estimate of drug-likeness (QED) is 0.487. The summed E-state index contributed by atoms with van der Waals surface area (Å²) in [4.78, 5) is 0. The zero-order valence-corrected chi connectivity index (χ0v) is 7.17. The van der Waals surface area contributed by atoms with Crippen LogP contribution < -0.4 is 5.32 Å². The molecule has 1 aliphatic rings. The molecule has 0 spiro atoms. The zero-order chi connectivity index (χ0) is 8.48. The van der Waals surface area contributed by atoms with Crippen molar-refractivity contribution < 1.29 is 10.2 Å². The molecule has 0 aliphatic carbocycles. The minimum absolute atomic E-state index is 0.00116. The maximum Gasteiger partial charge on any atom is 0.0665 e. The van der Waals surface area contributed by atoms with Crippen LogP contribution in [0.25, 0.3) is 0 Å². The van der Waals surface area contributed by atoms with Gasteiger partial charge in [-0.15, -0.1) is 0 Å². The van der Waals surface area contributed by atoms with Crippen molar-refractivity contribution in [2.75, 3.05) is 19.7 Å². The third-order valence-electron chi connectivity index (χ3n) is 2.47. The highest BCUT2D eigenvalue weighted by atomic mass is 16.3. The Kier molecular flexibility index (Phi) is 2.52. The van der Waals surface area contributed by atoms with E-state index >= 15 is 0 Å². The fourth-order valence-electron chi connectivity index (χ4n) is 1.60. The molecule has 0 aromatic rings. The predicted molar refractivity (Wildman–Crippen MR) is 43.2 cm³/mol. The van der Waals surface area contributed by atoms with Gasteiger partial charge in [0.05, 0.1) is 6.10 Å². The van der Waals surface area contributed by atoms with Gasteiger partial charge in [0.15, 0.2) is 0 Å². The summed E-state index contributed by atoms with van der Waals surface area (Å²) in [7, 11) is 0. The monoisotopic (exact) mass is 159 g/mol. The lowest BCUT2D eigenvalue weighted by molar-refractivity contribution is -0.0390. The number of rotatable bonds is 1. The number of hydrogen-bond acceptors (Lipinski definition) is 3. The van der Waals surface area contributed by atoms with Crippen molar-refractivity contribution >= 4 is 0 Å². The Balaban J connectivity index is 2.60. The second kappa shape index (κ2) is 3.09. The minimum Gasteiger partial charge on any atom is -0.396 e. The number of hydrogen-bond donors (Lipinski definition) is 3. The van der Waals surface area contributed by atoms with E-state index in [0.29, 0.717) is 0 Å². The van der Waals surface area contributed by atoms with Crippen LogP contribution in [0.5, 0.6) is 0 Å². The first kappa shape index (κ1) is 8.97. The Morgan fingerprint density at radius 2 is 2.18 bits per heavy atom. The first-order valence-corrected chi connectivity index (χ1v) is 4.07. The van der Waals surface area contributed by atoms with Crippen LogP contribution in [0.15, 0.2) is 0 Å². The summed E-state index contributed by atoms with van der Waals surface area (Å²) >= 11 is 0. The van der Waals surface area contributed by atoms with E-state index in [9.17, 15) is 5.11 Å². The third-order valence-corrected chi connectivity index (χ3v) is 2.47. The molecule has 3 nitrogen and oxygen atoms in total. The Morgan fingerprint density at radius 3 is 2.64 bits per heavy atom. The van der Waals surface area contributed by atoms with Gasteiger partial charge in [-0.25, -0.2) is 0 Å². The van der Waals surface area contributed by atoms with Crippen molar-refractivity contribution in [1.82, 2.24) is 5.32 Å². The van der Waals surface area contributed by atoms with Crippen molar-refractivity contribution in [1.29, 1.82) is 0 Å². The molecule has 2 unspecified atom stereocenters. The molecule has 0 radical (unpaired) electrons. The molecule has 2 atom stereocenters. The number of aliphatic hydroxyl groups excluding tert-OH is 2. The molecule has 1 saturated heterocycles. The molecule has 0 aromatic heterocycles. The summed E-state index contributed by atoms with van der Waals surface area (Å²) in [5.41, 5.74) is -0.106. The molecule has 0 aromatic carbocycles. The largest absolute Gasteiger partial charge is 0.396 e. The van der Waals surface area contributed by atoms with E-state index in [-0.39, 0.29) is 24.0 Å². The Bertz CT molecular complexity index is 136. The van der Waals surface area contributed by atoms with Gasteiger partial charge in [0.2, 0.25) is 0 Å². The van der Waals surface area contributed by atoms with Gasteiger partial charge in [-0.1, -0.05) is 13.8 Å². The summed E-state index contributed by atoms with van der Waals surface area (Å²) in [6, 6.07) is 0. The summed E-state index contributed by atoms with van der Waals surface area (Å²) in [5.74, 6) is -0.00116. The van der Waals surface area contributed by atoms with E-state index in [1.807, 2.05) is 13.8 Å². The molecular formula is C8H17NO2. The van der Waals surface area contributed by atoms with Crippen LogP contribution in [0.2, 0.25) is 0 Å². The van der Waals surface area contributed by atoms with Crippen molar-refractivity contribution in [3.63, 3.8) is 0 Å². The van der Waals surface area contributed by atoms with Gasteiger partial charge in [0, 0.05) is 31.0 Å². The van der Waals surface area contributed by atoms with E-state index < -0.39 is 0 Å². The zero-order valence-electron chi connectivity index (χ0n) is 7.17. The predicted octanol–water partition coefficient (Wildman–Crippen LogP) is -0.415. The van der Waals surface area contributed by atoms with Crippen LogP contribution in [0, 0.1) is 11.3 Å². The van der Waals surface area contributed by atoms with Crippen LogP contribution in [0.3, 0.4) is 0 Å². The third kappa shape index (κ3) is 1.72. The SMILES string of the molecule is CC1(C)CNCC(CO)C1O. The van der Waals surface area contributed by atoms with E-state index in [0.717, 1.165) is 13.1 Å². The topological polar surface area (TPSA) is 52.5 Å². The van der Waals surface area contributed by atoms with Gasteiger partial charge in [-0.3, -0.25) is 0 Å². The number of aliphatic hydroxyl groups is 2. The van der Waals surface area contributed by atoms with Gasteiger partial charge in [0.1, 0.15) is 0 Å². The minimum atomic E-state index is -0.381. The number of piperidine rings is 1. The summed E-state index contributed by atoms with van der Waals surface area (Å²) in [6.07, 6.45) is -0.381. The Morgan fingerprint density at radius 1 is 1.55 bits per heavy atom. The molecule has 1 aliphatic heterocycles. The standard InChI is InChI=1S/C8H17NO2/c1-8(2)5-9-3-6(4-10)7(8)11/h6-7,9-11H,3-5H2,1-2H3. The molecule has 0 saturated carbocycles. The molecule has 0 amide bonds. The average molecular weight is 159 g/mol. The smallest absolute Gasteiger partial charge is 0.0665 e. The van der Waals surface area contributed by atoms with Crippen LogP contribution in [0.4, 0.5) is 0 Å². The first-order valence-electron chi connectivity index (χ1n) is 4.07. The van der Waals surface area contributed by atoms with E-state index in [1.165, 1.54) is 0 Å². The second-order valence-electron chi connectivity index (χ2n) is 4.01. The molecule has 66 valence electrons. The molecule has 1 fully saturated rings. The molecular weight excluding hydrogens is 142 g/mol. The van der Waals surface area contributed by atoms with Crippen molar-refractivity contribution in [3.05, 3.63) is 0 Å². The molecule has 0 bridgehead atoms. The van der Waals surface area contributed by atoms with Crippen molar-refractivity contribution in [2.24, 2.45) is 11.3 Å². The van der Waals surface area contributed by atoms with Gasteiger partial charge in [-0.2, -0.15) is 0 Å². The number of nitrogens with one attached hydrogen (secondary N) is 1. The van der Waals surface area contributed by atoms with E-state index in [1.54, 1.807) is 0 Å². The van der Waals surface area contributed by atoms with Gasteiger partial charge >= 0.3 is 0 Å². The lowest BCUT2D eigenvalue weighted by atomic mass is 9.77. The van der Waals surface area contributed by atoms with Gasteiger partial charge < -0.3 is 15.5 Å². The lowest BCUT2D eigenvalue weighted by Gasteiger charge is -2.40. The highest BCUT2D eigenvalue weighted by Crippen LogP contribution is 2.28. The van der Waals surface area contributed by atoms with Crippen LogP contribution in [-0.2, 0) is 0 Å². The second-order valence-corrected chi connectivity index (χ2v) is 4.01. The van der Waals surface area contributed by atoms with Crippen LogP contribution in [-0.4, -0.2) is 36.0 Å². The maximum absolute atomic E-state index is 9.70. The van der Waals surface area contributed by atoms with Crippen LogP contribution >= 0.6 is 0 Å². The summed E-state index contributed by atoms with van der Waals surface area (Å²) in [5, 5.41) is 21.8. The fourth-order valence-corrected chi connectivity index (χ4v) is 1.60. The van der Waals surface area contributed by atoms with E-state index in [2.05, 4.69) is 5.32 Å². The molecule has 11 heavy (non-hydrogen) atoms. The van der Waals surface area contributed by atoms with E-state index in [4.69, 9.17) is 5.11 Å². The van der Waals surface area contributed by atoms with Gasteiger partial charge in [-0.05, 0) is 0 Å². The highest BCUT2D eigenvalue weighted by Gasteiger charge is 2.36. The maximum atomic E-state index is 9.70. The Labute approximate surface area is 67.4 Å². The van der Waals surface area contributed by atoms with Crippen molar-refractivity contribution in [2.45, 2.75) is 20.0 Å². The summed E-state index contributed by atoms with van der Waals surface area (Å²) in [6.45, 7) is 5.63. The van der Waals surface area contributed by atoms with Crippen LogP contribution in [0.1, 0.15) is 13.8 Å². The first-order chi connectivity index (χ1) is 5.08. The average Bonchev–Trinajstić information content (AvgIpc) is 1.95. The van der Waals surface area contributed by atoms with Gasteiger partial charge in [0.25, 0.3) is 0 Å². The highest BCUT2D eigenvalue weighted by molar-refractivity contribution is 4.90.